The molecule has 0 radical (unpaired) electrons. The molecule has 0 bridgehead atoms. The van der Waals surface area contributed by atoms with E-state index in [2.05, 4.69) is 22.3 Å². The first-order valence-corrected chi connectivity index (χ1v) is 18.0. The van der Waals surface area contributed by atoms with Crippen molar-refractivity contribution in [3.8, 4) is 17.2 Å². The highest BCUT2D eigenvalue weighted by molar-refractivity contribution is 6.37. The Kier molecular flexibility index (Phi) is 9.13. The van der Waals surface area contributed by atoms with Crippen molar-refractivity contribution in [1.29, 1.82) is 0 Å². The number of fused-ring (bicyclic) bond motifs is 2. The van der Waals surface area contributed by atoms with Crippen molar-refractivity contribution < 1.29 is 38.5 Å². The number of hydrogen-bond acceptors (Lipinski definition) is 8. The van der Waals surface area contributed by atoms with E-state index >= 15 is 0 Å². The number of nitrogens with one attached hydrogen (secondary N) is 2. The number of aromatic nitrogens is 2. The van der Waals surface area contributed by atoms with E-state index in [1.54, 1.807) is 35.3 Å². The lowest BCUT2D eigenvalue weighted by atomic mass is 9.85. The number of rotatable bonds is 11. The number of alkyl carbamates (subject to hydrolysis) is 1. The smallest absolute Gasteiger partial charge is 0.408 e. The lowest BCUT2D eigenvalue weighted by molar-refractivity contribution is -0.146. The Labute approximate surface area is 306 Å². The van der Waals surface area contributed by atoms with Gasteiger partial charge in [-0.25, -0.2) is 14.3 Å². The summed E-state index contributed by atoms with van der Waals surface area (Å²) >= 11 is 6.78. The first kappa shape index (κ1) is 35.6. The summed E-state index contributed by atoms with van der Waals surface area (Å²) in [6.07, 6.45) is 6.42. The number of ether oxygens (including phenoxy) is 3. The molecular formula is C38H44ClN5O8. The van der Waals surface area contributed by atoms with Gasteiger partial charge in [-0.05, 0) is 67.2 Å². The molecule has 14 heteroatoms. The zero-order chi connectivity index (χ0) is 37.1. The van der Waals surface area contributed by atoms with E-state index in [4.69, 9.17) is 25.8 Å². The predicted octanol–water partition coefficient (Wildman–Crippen LogP) is 5.12. The molecule has 2 heterocycles. The normalized spacial score (nSPS) is 28.1. The van der Waals surface area contributed by atoms with Crippen LogP contribution in [-0.4, -0.2) is 87.1 Å². The van der Waals surface area contributed by atoms with Gasteiger partial charge in [-0.2, -0.15) is 5.10 Å². The summed E-state index contributed by atoms with van der Waals surface area (Å²) in [6, 6.07) is 6.85. The largest absolute Gasteiger partial charge is 0.495 e. The molecule has 3 aromatic rings. The van der Waals surface area contributed by atoms with Crippen LogP contribution in [0.2, 0.25) is 5.02 Å². The molecule has 1 aromatic heterocycles. The van der Waals surface area contributed by atoms with Crippen LogP contribution in [0.15, 0.2) is 55.4 Å². The highest BCUT2D eigenvalue weighted by Crippen LogP contribution is 2.52. The van der Waals surface area contributed by atoms with Gasteiger partial charge in [0.1, 0.15) is 41.3 Å². The van der Waals surface area contributed by atoms with Gasteiger partial charge in [0, 0.05) is 41.6 Å². The average molecular weight is 734 g/mol. The van der Waals surface area contributed by atoms with E-state index in [9.17, 15) is 24.3 Å². The highest BCUT2D eigenvalue weighted by atomic mass is 35.5. The monoisotopic (exact) mass is 733 g/mol. The predicted molar refractivity (Wildman–Crippen MR) is 191 cm³/mol. The Balaban J connectivity index is 1.19. The maximum absolute atomic E-state index is 14.6. The van der Waals surface area contributed by atoms with Gasteiger partial charge in [0.05, 0.1) is 24.4 Å². The highest BCUT2D eigenvalue weighted by Gasteiger charge is 2.61. The minimum atomic E-state index is -1.51. The van der Waals surface area contributed by atoms with Crippen molar-refractivity contribution in [3.05, 3.63) is 60.4 Å². The van der Waals surface area contributed by atoms with Gasteiger partial charge in [-0.3, -0.25) is 9.59 Å². The molecule has 2 aromatic carbocycles. The topological polar surface area (TPSA) is 161 Å². The van der Waals surface area contributed by atoms with Crippen LogP contribution in [0.4, 0.5) is 4.79 Å². The number of carbonyl (C=O) groups excluding carboxylic acids is 3. The summed E-state index contributed by atoms with van der Waals surface area (Å²) in [5, 5.41) is 21.6. The van der Waals surface area contributed by atoms with Crippen LogP contribution < -0.4 is 20.1 Å². The summed E-state index contributed by atoms with van der Waals surface area (Å²) < 4.78 is 19.5. The average Bonchev–Trinajstić information content (AvgIpc) is 3.71. The van der Waals surface area contributed by atoms with Crippen LogP contribution >= 0.6 is 11.6 Å². The van der Waals surface area contributed by atoms with Gasteiger partial charge in [0.15, 0.2) is 0 Å². The van der Waals surface area contributed by atoms with E-state index in [-0.39, 0.29) is 25.5 Å². The van der Waals surface area contributed by atoms with Crippen molar-refractivity contribution in [2.75, 3.05) is 13.7 Å². The minimum Gasteiger partial charge on any atom is -0.495 e. The summed E-state index contributed by atoms with van der Waals surface area (Å²) in [7, 11) is 1.53. The van der Waals surface area contributed by atoms with Gasteiger partial charge in [-0.1, -0.05) is 38.4 Å². The SMILES string of the molecule is C=C[C@@H]1C[C@]1(NC(=O)[C@@H]1C[C@@H](Oc2cc(-n3cccn3)cc3c(Cl)c(OC)ccc23)CN1C(=O)[C@@H](NC(=O)OC1C[C@@H]2C[C@@H]2C1)C(C)(C)C)C(=O)O. The molecule has 4 aliphatic rings. The minimum absolute atomic E-state index is 0.0193. The van der Waals surface area contributed by atoms with Gasteiger partial charge in [0.25, 0.3) is 0 Å². The van der Waals surface area contributed by atoms with Crippen LogP contribution in [0.1, 0.15) is 52.9 Å². The molecule has 3 aliphatic carbocycles. The first-order valence-electron chi connectivity index (χ1n) is 17.6. The molecule has 3 amide bonds. The van der Waals surface area contributed by atoms with Crippen LogP contribution in [-0.2, 0) is 19.1 Å². The summed E-state index contributed by atoms with van der Waals surface area (Å²) in [5.74, 6) is -0.643. The second-order valence-corrected chi connectivity index (χ2v) is 15.9. The fraction of sp³-hybridized carbons (Fsp3) is 0.500. The van der Waals surface area contributed by atoms with Gasteiger partial charge in [-0.15, -0.1) is 6.58 Å². The number of halogens is 1. The van der Waals surface area contributed by atoms with E-state index in [0.29, 0.717) is 44.8 Å². The number of carboxylic acid groups (broad SMARTS) is 1. The van der Waals surface area contributed by atoms with E-state index in [0.717, 1.165) is 12.8 Å². The number of carbonyl (C=O) groups is 4. The van der Waals surface area contributed by atoms with Crippen molar-refractivity contribution in [2.24, 2.45) is 23.2 Å². The zero-order valence-electron chi connectivity index (χ0n) is 29.6. The Hall–Kier alpha value is -4.78. The standard InChI is InChI=1S/C38H44ClN5O8/c1-6-22-18-38(22,35(47)48)42-33(45)28-17-25(19-43(28)34(46)32(37(2,3)4)41-36(49)52-24-13-20-12-21(20)14-24)51-30-16-23(44-11-7-10-40-44)15-27-26(30)8-9-29(50-5)31(27)39/h6-11,15-16,20-22,24-25,28,32H,1,12-14,17-19H2,2-5H3,(H,41,49)(H,42,45)(H,47,48)/t20-,21+,22-,24?,25-,28+,32-,38-/m1/s1. The number of amides is 3. The molecule has 3 N–H and O–H groups in total. The number of hydrogen-bond donors (Lipinski definition) is 3. The van der Waals surface area contributed by atoms with E-state index in [1.165, 1.54) is 24.5 Å². The van der Waals surface area contributed by atoms with Crippen molar-refractivity contribution >= 4 is 46.3 Å². The number of nitrogens with zero attached hydrogens (tertiary/aromatic N) is 3. The second-order valence-electron chi connectivity index (χ2n) is 15.6. The van der Waals surface area contributed by atoms with Crippen LogP contribution in [0.3, 0.4) is 0 Å². The van der Waals surface area contributed by atoms with E-state index < -0.39 is 58.9 Å². The van der Waals surface area contributed by atoms with Crippen LogP contribution in [0, 0.1) is 23.2 Å². The molecule has 7 rings (SSSR count). The van der Waals surface area contributed by atoms with E-state index in [1.807, 2.05) is 32.9 Å². The third kappa shape index (κ3) is 6.66. The molecule has 13 nitrogen and oxygen atoms in total. The Morgan fingerprint density at radius 2 is 1.83 bits per heavy atom. The maximum atomic E-state index is 14.6. The maximum Gasteiger partial charge on any atom is 0.408 e. The Morgan fingerprint density at radius 1 is 1.08 bits per heavy atom. The quantitative estimate of drug-likeness (QED) is 0.227. The number of methoxy groups -OCH3 is 1. The molecule has 1 saturated heterocycles. The number of carboxylic acids is 1. The van der Waals surface area contributed by atoms with Gasteiger partial charge < -0.3 is 34.9 Å². The lowest BCUT2D eigenvalue weighted by Crippen LogP contribution is -2.59. The molecular weight excluding hydrogens is 690 g/mol. The van der Waals surface area contributed by atoms with Gasteiger partial charge >= 0.3 is 12.1 Å². The molecule has 8 atom stereocenters. The third-order valence-corrected chi connectivity index (χ3v) is 11.4. The molecule has 52 heavy (non-hydrogen) atoms. The summed E-state index contributed by atoms with van der Waals surface area (Å²) in [4.78, 5) is 55.5. The van der Waals surface area contributed by atoms with Crippen molar-refractivity contribution in [3.63, 3.8) is 0 Å². The second kappa shape index (κ2) is 13.3. The number of aliphatic carboxylic acids is 1. The summed E-state index contributed by atoms with van der Waals surface area (Å²) in [6.45, 7) is 9.17. The fourth-order valence-corrected chi connectivity index (χ4v) is 8.18. The molecule has 3 saturated carbocycles. The van der Waals surface area contributed by atoms with Crippen molar-refractivity contribution in [2.45, 2.75) is 82.7 Å². The number of likely N-dealkylation sites (tertiary alicyclic amines) is 1. The van der Waals surface area contributed by atoms with Crippen LogP contribution in [0.5, 0.6) is 11.5 Å². The molecule has 1 unspecified atom stereocenters. The number of benzene rings is 2. The molecule has 4 fully saturated rings. The fourth-order valence-electron chi connectivity index (χ4n) is 7.89. The molecule has 1 aliphatic heterocycles. The Bertz CT molecular complexity index is 1920. The first-order chi connectivity index (χ1) is 24.7. The third-order valence-electron chi connectivity index (χ3n) is 11.0. The van der Waals surface area contributed by atoms with Gasteiger partial charge in [0.2, 0.25) is 11.8 Å². The Morgan fingerprint density at radius 3 is 2.44 bits per heavy atom. The molecule has 276 valence electrons. The summed E-state index contributed by atoms with van der Waals surface area (Å²) in [5.41, 5.74) is -1.63. The lowest BCUT2D eigenvalue weighted by Gasteiger charge is -2.35. The molecule has 0 spiro atoms. The van der Waals surface area contributed by atoms with Crippen LogP contribution in [0.25, 0.3) is 16.5 Å². The van der Waals surface area contributed by atoms with Crippen molar-refractivity contribution in [1.82, 2.24) is 25.3 Å². The zero-order valence-corrected chi connectivity index (χ0v) is 30.4.